The van der Waals surface area contributed by atoms with Gasteiger partial charge in [0, 0.05) is 0 Å². The van der Waals surface area contributed by atoms with Crippen LogP contribution < -0.4 is 8.92 Å². The minimum atomic E-state index is -3.91. The Morgan fingerprint density at radius 3 is 2.12 bits per heavy atom. The van der Waals surface area contributed by atoms with E-state index < -0.39 is 10.0 Å². The molecule has 0 aliphatic heterocycles. The van der Waals surface area contributed by atoms with Crippen LogP contribution in [0.5, 0.6) is 0 Å². The van der Waals surface area contributed by atoms with Gasteiger partial charge in [0.25, 0.3) is 0 Å². The molecule has 0 aliphatic carbocycles. The summed E-state index contributed by atoms with van der Waals surface area (Å²) in [5.41, 5.74) is 3.54. The van der Waals surface area contributed by atoms with Crippen molar-refractivity contribution in [2.75, 3.05) is 0 Å². The predicted molar refractivity (Wildman–Crippen MR) is 137 cm³/mol. The topological polar surface area (TPSA) is 62.9 Å². The minimum absolute atomic E-state index is 0.188. The fraction of sp³-hybridized carbons (Fsp3) is 0.0357. The molecule has 166 valence electrons. The zero-order valence-electron chi connectivity index (χ0n) is 18.3. The second-order valence-electron chi connectivity index (χ2n) is 7.89. The monoisotopic (exact) mass is 528 g/mol. The van der Waals surface area contributed by atoms with Crippen LogP contribution in [-0.4, -0.2) is 27.3 Å². The quantitative estimate of drug-likeness (QED) is 0.319. The molecule has 0 amide bonds. The van der Waals surface area contributed by atoms with Crippen molar-refractivity contribution in [3.8, 4) is 17.3 Å². The maximum atomic E-state index is 14.1. The van der Waals surface area contributed by atoms with Gasteiger partial charge >= 0.3 is 206 Å². The molecule has 34 heavy (non-hydrogen) atoms. The van der Waals surface area contributed by atoms with Crippen molar-refractivity contribution in [3.63, 3.8) is 0 Å². The van der Waals surface area contributed by atoms with E-state index in [2.05, 4.69) is 18.2 Å². The molecule has 0 radical (unpaired) electrons. The number of nitrogens with zero attached hydrogens (tertiary/aromatic N) is 2. The van der Waals surface area contributed by atoms with Gasteiger partial charge in [-0.05, 0) is 0 Å². The first kappa shape index (κ1) is 22.2. The molecule has 0 saturated carbocycles. The first-order chi connectivity index (χ1) is 16.5. The molecule has 6 heteroatoms. The van der Waals surface area contributed by atoms with Crippen LogP contribution in [-0.2, 0) is 10.0 Å². The second-order valence-corrected chi connectivity index (χ2v) is 11.9. The number of hydrogen-bond donors (Lipinski definition) is 0. The number of aromatic nitrogens is 1. The molecule has 5 rings (SSSR count). The molecule has 0 aliphatic rings. The second kappa shape index (κ2) is 8.96. The summed E-state index contributed by atoms with van der Waals surface area (Å²) >= 11 is -0.188. The fourth-order valence-corrected chi connectivity index (χ4v) is 7.93. The Kier molecular flexibility index (Phi) is 5.85. The zero-order chi connectivity index (χ0) is 23.7. The van der Waals surface area contributed by atoms with Gasteiger partial charge in [-0.3, -0.25) is 0 Å². The molecule has 1 heterocycles. The van der Waals surface area contributed by atoms with Crippen LogP contribution >= 0.6 is 0 Å². The van der Waals surface area contributed by atoms with Crippen molar-refractivity contribution >= 4 is 44.8 Å². The summed E-state index contributed by atoms with van der Waals surface area (Å²) in [6, 6.07) is 34.0. The molecule has 0 fully saturated rings. The normalized spacial score (nSPS) is 11.4. The standard InChI is InChI=1S/C28H20N2O2SSe/c1-20-12-15-23(16-13-20)33(31,32)30-26-17-14-21(19-29)18-25(26)28(34-24-10-6-3-7-11-24)27(30)22-8-4-2-5-9-22/h2-18H,1H3. The Hall–Kier alpha value is -3.62. The third kappa shape index (κ3) is 3.95. The van der Waals surface area contributed by atoms with Crippen molar-refractivity contribution in [3.05, 3.63) is 114 Å². The number of hydrogen-bond acceptors (Lipinski definition) is 3. The summed E-state index contributed by atoms with van der Waals surface area (Å²) in [6.07, 6.45) is 0. The molecule has 5 aromatic rings. The van der Waals surface area contributed by atoms with Crippen molar-refractivity contribution in [1.29, 1.82) is 5.26 Å². The molecule has 1 aromatic heterocycles. The van der Waals surface area contributed by atoms with Crippen LogP contribution in [0.2, 0.25) is 0 Å². The third-order valence-electron chi connectivity index (χ3n) is 5.58. The first-order valence-electron chi connectivity index (χ1n) is 10.7. The zero-order valence-corrected chi connectivity index (χ0v) is 20.9. The average Bonchev–Trinajstić information content (AvgIpc) is 3.19. The number of nitriles is 1. The predicted octanol–water partition coefficient (Wildman–Crippen LogP) is 4.38. The summed E-state index contributed by atoms with van der Waals surface area (Å²) in [6.45, 7) is 1.93. The van der Waals surface area contributed by atoms with Gasteiger partial charge in [-0.15, -0.1) is 0 Å². The number of benzene rings is 4. The molecular weight excluding hydrogens is 507 g/mol. The fourth-order valence-electron chi connectivity index (χ4n) is 3.92. The van der Waals surface area contributed by atoms with E-state index in [4.69, 9.17) is 0 Å². The van der Waals surface area contributed by atoms with E-state index in [1.165, 1.54) is 3.97 Å². The number of aryl methyl sites for hydroxylation is 1. The Morgan fingerprint density at radius 2 is 1.47 bits per heavy atom. The van der Waals surface area contributed by atoms with Crippen molar-refractivity contribution in [1.82, 2.24) is 3.97 Å². The molecule has 0 unspecified atom stereocenters. The van der Waals surface area contributed by atoms with Crippen molar-refractivity contribution in [2.24, 2.45) is 0 Å². The Balaban J connectivity index is 1.90. The van der Waals surface area contributed by atoms with E-state index in [0.29, 0.717) is 16.8 Å². The van der Waals surface area contributed by atoms with Crippen LogP contribution in [0.3, 0.4) is 0 Å². The first-order valence-corrected chi connectivity index (χ1v) is 13.8. The van der Waals surface area contributed by atoms with Crippen molar-refractivity contribution in [2.45, 2.75) is 11.8 Å². The summed E-state index contributed by atoms with van der Waals surface area (Å²) in [5.74, 6) is 0. The van der Waals surface area contributed by atoms with Crippen molar-refractivity contribution < 1.29 is 8.42 Å². The molecule has 0 atom stereocenters. The van der Waals surface area contributed by atoms with Gasteiger partial charge in [-0.1, -0.05) is 0 Å². The van der Waals surface area contributed by atoms with Crippen LogP contribution in [0, 0.1) is 18.3 Å². The Morgan fingerprint density at radius 1 is 0.824 bits per heavy atom. The average molecular weight is 528 g/mol. The third-order valence-corrected chi connectivity index (χ3v) is 9.67. The van der Waals surface area contributed by atoms with Gasteiger partial charge in [0.05, 0.1) is 0 Å². The summed E-state index contributed by atoms with van der Waals surface area (Å²) < 4.78 is 31.7. The van der Waals surface area contributed by atoms with Crippen LogP contribution in [0.1, 0.15) is 11.1 Å². The molecule has 0 bridgehead atoms. The number of fused-ring (bicyclic) bond motifs is 1. The van der Waals surface area contributed by atoms with E-state index in [0.717, 1.165) is 25.4 Å². The Bertz CT molecular complexity index is 1630. The summed E-state index contributed by atoms with van der Waals surface area (Å²) in [5, 5.41) is 10.4. The van der Waals surface area contributed by atoms with Gasteiger partial charge in [0.2, 0.25) is 0 Å². The molecule has 0 spiro atoms. The van der Waals surface area contributed by atoms with Gasteiger partial charge in [-0.2, -0.15) is 0 Å². The van der Waals surface area contributed by atoms with Crippen LogP contribution in [0.25, 0.3) is 22.2 Å². The van der Waals surface area contributed by atoms with Crippen LogP contribution in [0.4, 0.5) is 0 Å². The van der Waals surface area contributed by atoms with Gasteiger partial charge in [-0.25, -0.2) is 0 Å². The maximum absolute atomic E-state index is 14.1. The molecular formula is C28H20N2O2SSe. The van der Waals surface area contributed by atoms with E-state index in [1.807, 2.05) is 73.7 Å². The van der Waals surface area contributed by atoms with Gasteiger partial charge in [0.1, 0.15) is 0 Å². The van der Waals surface area contributed by atoms with Gasteiger partial charge < -0.3 is 0 Å². The molecule has 0 N–H and O–H groups in total. The number of rotatable bonds is 5. The van der Waals surface area contributed by atoms with E-state index in [9.17, 15) is 13.7 Å². The van der Waals surface area contributed by atoms with E-state index in [1.54, 1.807) is 24.3 Å². The van der Waals surface area contributed by atoms with E-state index in [-0.39, 0.29) is 19.9 Å². The molecule has 0 saturated heterocycles. The summed E-state index contributed by atoms with van der Waals surface area (Å²) in [7, 11) is -3.91. The Labute approximate surface area is 205 Å². The summed E-state index contributed by atoms with van der Waals surface area (Å²) in [4.78, 5) is 0.232. The molecule has 4 nitrogen and oxygen atoms in total. The molecule has 4 aromatic carbocycles. The SMILES string of the molecule is Cc1ccc(S(=O)(=O)n2c(-c3ccccc3)c([Se]c3ccccc3)c3cc(C#N)ccc32)cc1. The van der Waals surface area contributed by atoms with Crippen LogP contribution in [0.15, 0.2) is 108 Å². The van der Waals surface area contributed by atoms with Gasteiger partial charge in [0.15, 0.2) is 0 Å². The van der Waals surface area contributed by atoms with E-state index >= 15 is 0 Å².